The van der Waals surface area contributed by atoms with E-state index in [4.69, 9.17) is 4.74 Å². The number of ether oxygens (including phenoxy) is 1. The summed E-state index contributed by atoms with van der Waals surface area (Å²) in [7, 11) is 4.12. The molecule has 11 heavy (non-hydrogen) atoms. The summed E-state index contributed by atoms with van der Waals surface area (Å²) in [6.45, 7) is 8.34. The van der Waals surface area contributed by atoms with Crippen LogP contribution < -0.4 is 0 Å². The van der Waals surface area contributed by atoms with Gasteiger partial charge in [-0.05, 0) is 26.9 Å². The van der Waals surface area contributed by atoms with Crippen LogP contribution in [0.2, 0.25) is 0 Å². The second kappa shape index (κ2) is 5.56. The molecule has 0 aliphatic heterocycles. The van der Waals surface area contributed by atoms with Crippen molar-refractivity contribution in [3.8, 4) is 0 Å². The van der Waals surface area contributed by atoms with Gasteiger partial charge >= 0.3 is 0 Å². The Labute approximate surface area is 70.5 Å². The van der Waals surface area contributed by atoms with Crippen molar-refractivity contribution in [2.24, 2.45) is 5.92 Å². The standard InChI is InChI=1S/C9H21NO/c1-8(2)9(3)11-7-6-10(4)5/h8-9H,6-7H2,1-5H3. The number of hydrogen-bond donors (Lipinski definition) is 0. The Kier molecular flexibility index (Phi) is 5.51. The predicted molar refractivity (Wildman–Crippen MR) is 48.8 cm³/mol. The van der Waals surface area contributed by atoms with Crippen molar-refractivity contribution >= 4 is 0 Å². The Hall–Kier alpha value is -0.0800. The van der Waals surface area contributed by atoms with E-state index in [2.05, 4.69) is 39.8 Å². The summed E-state index contributed by atoms with van der Waals surface area (Å²) in [6.07, 6.45) is 0.384. The summed E-state index contributed by atoms with van der Waals surface area (Å²) in [6, 6.07) is 0. The lowest BCUT2D eigenvalue weighted by Crippen LogP contribution is -2.23. The quantitative estimate of drug-likeness (QED) is 0.604. The van der Waals surface area contributed by atoms with Crippen LogP contribution in [0.3, 0.4) is 0 Å². The summed E-state index contributed by atoms with van der Waals surface area (Å²) in [5.74, 6) is 0.622. The molecule has 0 amide bonds. The monoisotopic (exact) mass is 159 g/mol. The Morgan fingerprint density at radius 1 is 1.18 bits per heavy atom. The Morgan fingerprint density at radius 3 is 2.09 bits per heavy atom. The Balaban J connectivity index is 3.24. The van der Waals surface area contributed by atoms with Crippen LogP contribution in [0.5, 0.6) is 0 Å². The van der Waals surface area contributed by atoms with Gasteiger partial charge in [0.1, 0.15) is 0 Å². The van der Waals surface area contributed by atoms with E-state index >= 15 is 0 Å². The fraction of sp³-hybridized carbons (Fsp3) is 1.00. The molecule has 0 rings (SSSR count). The van der Waals surface area contributed by atoms with E-state index in [1.54, 1.807) is 0 Å². The number of likely N-dealkylation sites (N-methyl/N-ethyl adjacent to an activating group) is 1. The summed E-state index contributed by atoms with van der Waals surface area (Å²) in [5, 5.41) is 0. The summed E-state index contributed by atoms with van der Waals surface area (Å²) in [4.78, 5) is 2.13. The highest BCUT2D eigenvalue weighted by atomic mass is 16.5. The van der Waals surface area contributed by atoms with Gasteiger partial charge in [0.25, 0.3) is 0 Å². The molecule has 0 N–H and O–H groups in total. The van der Waals surface area contributed by atoms with Gasteiger partial charge in [0.15, 0.2) is 0 Å². The fourth-order valence-electron chi connectivity index (χ4n) is 0.614. The summed E-state index contributed by atoms with van der Waals surface area (Å²) in [5.41, 5.74) is 0. The number of rotatable bonds is 5. The predicted octanol–water partition coefficient (Wildman–Crippen LogP) is 1.61. The third-order valence-electron chi connectivity index (χ3n) is 1.86. The third-order valence-corrected chi connectivity index (χ3v) is 1.86. The van der Waals surface area contributed by atoms with Crippen molar-refractivity contribution in [2.75, 3.05) is 27.2 Å². The molecule has 0 aliphatic rings. The first-order chi connectivity index (χ1) is 5.04. The van der Waals surface area contributed by atoms with Gasteiger partial charge in [0.2, 0.25) is 0 Å². The molecule has 2 nitrogen and oxygen atoms in total. The lowest BCUT2D eigenvalue weighted by molar-refractivity contribution is 0.0279. The van der Waals surface area contributed by atoms with Crippen molar-refractivity contribution in [1.82, 2.24) is 4.90 Å². The molecule has 2 heteroatoms. The molecule has 0 aromatic carbocycles. The molecule has 1 unspecified atom stereocenters. The maximum absolute atomic E-state index is 5.57. The molecule has 68 valence electrons. The van der Waals surface area contributed by atoms with Gasteiger partial charge < -0.3 is 9.64 Å². The average Bonchev–Trinajstić information content (AvgIpc) is 1.86. The summed E-state index contributed by atoms with van der Waals surface area (Å²) >= 11 is 0. The zero-order valence-electron chi connectivity index (χ0n) is 8.42. The van der Waals surface area contributed by atoms with Crippen LogP contribution >= 0.6 is 0 Å². The Bertz CT molecular complexity index is 91.6. The minimum atomic E-state index is 0.384. The van der Waals surface area contributed by atoms with Crippen molar-refractivity contribution in [1.29, 1.82) is 0 Å². The molecule has 0 fully saturated rings. The highest BCUT2D eigenvalue weighted by Crippen LogP contribution is 2.04. The van der Waals surface area contributed by atoms with Gasteiger partial charge in [-0.2, -0.15) is 0 Å². The maximum atomic E-state index is 5.57. The van der Waals surface area contributed by atoms with Crippen LogP contribution in [0.1, 0.15) is 20.8 Å². The van der Waals surface area contributed by atoms with Gasteiger partial charge in [0.05, 0.1) is 12.7 Å². The van der Waals surface area contributed by atoms with Gasteiger partial charge in [-0.15, -0.1) is 0 Å². The zero-order chi connectivity index (χ0) is 8.85. The molecule has 0 aromatic heterocycles. The third kappa shape index (κ3) is 6.32. The molecule has 0 bridgehead atoms. The largest absolute Gasteiger partial charge is 0.377 e. The molecule has 1 atom stereocenters. The van der Waals surface area contributed by atoms with Crippen molar-refractivity contribution in [2.45, 2.75) is 26.9 Å². The lowest BCUT2D eigenvalue weighted by atomic mass is 10.1. The Morgan fingerprint density at radius 2 is 1.73 bits per heavy atom. The second-order valence-electron chi connectivity index (χ2n) is 3.62. The molecule has 0 radical (unpaired) electrons. The maximum Gasteiger partial charge on any atom is 0.0596 e. The van der Waals surface area contributed by atoms with Crippen molar-refractivity contribution in [3.05, 3.63) is 0 Å². The van der Waals surface area contributed by atoms with Gasteiger partial charge in [-0.3, -0.25) is 0 Å². The average molecular weight is 159 g/mol. The smallest absolute Gasteiger partial charge is 0.0596 e. The molecular weight excluding hydrogens is 138 g/mol. The first-order valence-corrected chi connectivity index (χ1v) is 4.30. The van der Waals surface area contributed by atoms with Gasteiger partial charge in [-0.1, -0.05) is 13.8 Å². The van der Waals surface area contributed by atoms with E-state index in [1.165, 1.54) is 0 Å². The molecule has 0 aromatic rings. The van der Waals surface area contributed by atoms with E-state index in [9.17, 15) is 0 Å². The highest BCUT2D eigenvalue weighted by molar-refractivity contribution is 4.54. The lowest BCUT2D eigenvalue weighted by Gasteiger charge is -2.18. The number of hydrogen-bond acceptors (Lipinski definition) is 2. The van der Waals surface area contributed by atoms with Gasteiger partial charge in [-0.25, -0.2) is 0 Å². The van der Waals surface area contributed by atoms with Crippen LogP contribution in [0, 0.1) is 5.92 Å². The molecule has 0 spiro atoms. The van der Waals surface area contributed by atoms with E-state index < -0.39 is 0 Å². The molecule has 0 heterocycles. The van der Waals surface area contributed by atoms with Crippen LogP contribution in [-0.2, 0) is 4.74 Å². The van der Waals surface area contributed by atoms with Crippen LogP contribution in [0.25, 0.3) is 0 Å². The van der Waals surface area contributed by atoms with Crippen LogP contribution in [-0.4, -0.2) is 38.3 Å². The van der Waals surface area contributed by atoms with Gasteiger partial charge in [0, 0.05) is 6.54 Å². The zero-order valence-corrected chi connectivity index (χ0v) is 8.42. The summed E-state index contributed by atoms with van der Waals surface area (Å²) < 4.78 is 5.57. The van der Waals surface area contributed by atoms with E-state index in [1.807, 2.05) is 0 Å². The van der Waals surface area contributed by atoms with E-state index in [0.717, 1.165) is 13.2 Å². The second-order valence-corrected chi connectivity index (χ2v) is 3.62. The molecule has 0 aliphatic carbocycles. The minimum absolute atomic E-state index is 0.384. The van der Waals surface area contributed by atoms with Crippen LogP contribution in [0.15, 0.2) is 0 Å². The minimum Gasteiger partial charge on any atom is -0.377 e. The van der Waals surface area contributed by atoms with E-state index in [0.29, 0.717) is 12.0 Å². The number of nitrogens with zero attached hydrogens (tertiary/aromatic N) is 1. The van der Waals surface area contributed by atoms with Crippen molar-refractivity contribution in [3.63, 3.8) is 0 Å². The normalized spacial score (nSPS) is 14.5. The first kappa shape index (κ1) is 10.9. The van der Waals surface area contributed by atoms with E-state index in [-0.39, 0.29) is 0 Å². The van der Waals surface area contributed by atoms with Crippen LogP contribution in [0.4, 0.5) is 0 Å². The van der Waals surface area contributed by atoms with Crippen molar-refractivity contribution < 1.29 is 4.74 Å². The first-order valence-electron chi connectivity index (χ1n) is 4.30. The molecule has 0 saturated heterocycles. The fourth-order valence-corrected chi connectivity index (χ4v) is 0.614. The molecular formula is C9H21NO. The highest BCUT2D eigenvalue weighted by Gasteiger charge is 2.05. The topological polar surface area (TPSA) is 12.5 Å². The molecule has 0 saturated carbocycles. The SMILES string of the molecule is CC(C)C(C)OCCN(C)C.